The van der Waals surface area contributed by atoms with Gasteiger partial charge in [0.05, 0.1) is 11.2 Å². The van der Waals surface area contributed by atoms with Crippen LogP contribution in [0.2, 0.25) is 0 Å². The number of fused-ring (bicyclic) bond motifs is 7. The van der Waals surface area contributed by atoms with Gasteiger partial charge in [-0.25, -0.2) is 19.9 Å². The Morgan fingerprint density at radius 3 is 1.76 bits per heavy atom. The molecule has 51 heavy (non-hydrogen) atoms. The summed E-state index contributed by atoms with van der Waals surface area (Å²) in [4.78, 5) is 20.0. The number of pyridine rings is 1. The number of allylic oxidation sites excluding steroid dienone is 2. The molecule has 5 nitrogen and oxygen atoms in total. The zero-order valence-electron chi connectivity index (χ0n) is 27.5. The van der Waals surface area contributed by atoms with E-state index in [-0.39, 0.29) is 12.0 Å². The van der Waals surface area contributed by atoms with Crippen LogP contribution in [-0.2, 0) is 0 Å². The molecule has 0 radical (unpaired) electrons. The molecule has 0 bridgehead atoms. The Bertz CT molecular complexity index is 2610. The number of hydrogen-bond donors (Lipinski definition) is 0. The van der Waals surface area contributed by atoms with Gasteiger partial charge in [-0.1, -0.05) is 158 Å². The van der Waals surface area contributed by atoms with Crippen molar-refractivity contribution in [3.05, 3.63) is 181 Å². The van der Waals surface area contributed by atoms with Gasteiger partial charge in [-0.2, -0.15) is 0 Å². The molecule has 240 valence electrons. The molecule has 2 aliphatic rings. The standard InChI is InChI=1S/C46H30N4O/c1-4-14-29(15-5-1)41-38-27-26-36-35-24-13-23-34(42(35)51-43(36)40(38)37-22-10-11-25-39(37)47-41)32-20-12-21-33(28-32)46-49-44(30-16-6-2-7-17-30)48-45(50-46)31-18-8-3-9-19-31/h1-28,35,42H. The van der Waals surface area contributed by atoms with E-state index in [0.717, 1.165) is 66.5 Å². The fourth-order valence-electron chi connectivity index (χ4n) is 7.47. The van der Waals surface area contributed by atoms with Gasteiger partial charge in [0.1, 0.15) is 11.9 Å². The zero-order valence-corrected chi connectivity index (χ0v) is 27.5. The van der Waals surface area contributed by atoms with Crippen molar-refractivity contribution in [2.24, 2.45) is 0 Å². The van der Waals surface area contributed by atoms with Gasteiger partial charge in [0.25, 0.3) is 0 Å². The lowest BCUT2D eigenvalue weighted by molar-refractivity contribution is 0.281. The minimum atomic E-state index is -0.184. The lowest BCUT2D eigenvalue weighted by Crippen LogP contribution is -2.21. The number of hydrogen-bond acceptors (Lipinski definition) is 5. The number of ether oxygens (including phenoxy) is 1. The lowest BCUT2D eigenvalue weighted by atomic mass is 9.83. The molecular formula is C46H30N4O. The lowest BCUT2D eigenvalue weighted by Gasteiger charge is -2.23. The molecule has 0 fully saturated rings. The molecule has 1 aliphatic heterocycles. The van der Waals surface area contributed by atoms with Gasteiger partial charge in [-0.05, 0) is 17.7 Å². The average molecular weight is 655 g/mol. The molecule has 5 heteroatoms. The van der Waals surface area contributed by atoms with Crippen LogP contribution in [0.5, 0.6) is 5.75 Å². The SMILES string of the molecule is C1=CC2c3ccc4c(-c5ccccc5)nc5ccccc5c4c3OC2C(c2cccc(-c3nc(-c4ccccc4)nc(-c4ccccc4)n3)c2)=C1. The Morgan fingerprint density at radius 1 is 0.471 bits per heavy atom. The first-order chi connectivity index (χ1) is 25.3. The van der Waals surface area contributed by atoms with Crippen molar-refractivity contribution in [1.82, 2.24) is 19.9 Å². The van der Waals surface area contributed by atoms with Gasteiger partial charge in [0, 0.05) is 55.5 Å². The third-order valence-corrected chi connectivity index (χ3v) is 9.88. The Morgan fingerprint density at radius 2 is 1.06 bits per heavy atom. The molecule has 2 atom stereocenters. The summed E-state index contributed by atoms with van der Waals surface area (Å²) in [6.45, 7) is 0. The third kappa shape index (κ3) is 5.01. The predicted octanol–water partition coefficient (Wildman–Crippen LogP) is 10.7. The van der Waals surface area contributed by atoms with Crippen LogP contribution in [0.4, 0.5) is 0 Å². The van der Waals surface area contributed by atoms with Gasteiger partial charge in [-0.3, -0.25) is 0 Å². The first-order valence-electron chi connectivity index (χ1n) is 17.2. The summed E-state index contributed by atoms with van der Waals surface area (Å²) in [5.41, 5.74) is 9.20. The minimum Gasteiger partial charge on any atom is -0.484 e. The van der Waals surface area contributed by atoms with E-state index < -0.39 is 0 Å². The van der Waals surface area contributed by atoms with E-state index in [1.807, 2.05) is 66.7 Å². The predicted molar refractivity (Wildman–Crippen MR) is 205 cm³/mol. The number of aromatic nitrogens is 4. The van der Waals surface area contributed by atoms with E-state index in [9.17, 15) is 0 Å². The molecule has 2 unspecified atom stereocenters. The van der Waals surface area contributed by atoms with Crippen LogP contribution in [-0.4, -0.2) is 26.0 Å². The summed E-state index contributed by atoms with van der Waals surface area (Å²) in [6.07, 6.45) is 6.43. The summed E-state index contributed by atoms with van der Waals surface area (Å²) in [7, 11) is 0. The summed E-state index contributed by atoms with van der Waals surface area (Å²) < 4.78 is 7.10. The molecule has 0 saturated heterocycles. The summed E-state index contributed by atoms with van der Waals surface area (Å²) in [5, 5.41) is 3.30. The van der Waals surface area contributed by atoms with E-state index >= 15 is 0 Å². The van der Waals surface area contributed by atoms with E-state index in [1.54, 1.807) is 0 Å². The molecule has 6 aromatic carbocycles. The van der Waals surface area contributed by atoms with Crippen LogP contribution in [0.15, 0.2) is 170 Å². The summed E-state index contributed by atoms with van der Waals surface area (Å²) >= 11 is 0. The maximum Gasteiger partial charge on any atom is 0.164 e. The van der Waals surface area contributed by atoms with Crippen LogP contribution < -0.4 is 4.74 Å². The van der Waals surface area contributed by atoms with E-state index in [0.29, 0.717) is 17.5 Å². The second-order valence-electron chi connectivity index (χ2n) is 12.9. The minimum absolute atomic E-state index is 0.0756. The second kappa shape index (κ2) is 12.0. The molecule has 0 saturated carbocycles. The van der Waals surface area contributed by atoms with Gasteiger partial charge in [0.15, 0.2) is 17.5 Å². The average Bonchev–Trinajstić information content (AvgIpc) is 3.60. The molecule has 0 N–H and O–H groups in total. The fraction of sp³-hybridized carbons (Fsp3) is 0.0435. The smallest absolute Gasteiger partial charge is 0.164 e. The van der Waals surface area contributed by atoms with Crippen LogP contribution in [0.25, 0.3) is 72.7 Å². The highest BCUT2D eigenvalue weighted by Crippen LogP contribution is 2.51. The third-order valence-electron chi connectivity index (χ3n) is 9.88. The van der Waals surface area contributed by atoms with Crippen molar-refractivity contribution < 1.29 is 4.74 Å². The van der Waals surface area contributed by atoms with Crippen LogP contribution in [0, 0.1) is 0 Å². The van der Waals surface area contributed by atoms with Gasteiger partial charge in [-0.15, -0.1) is 0 Å². The van der Waals surface area contributed by atoms with Crippen LogP contribution in [0.1, 0.15) is 17.0 Å². The highest BCUT2D eigenvalue weighted by Gasteiger charge is 2.38. The zero-order chi connectivity index (χ0) is 33.7. The monoisotopic (exact) mass is 654 g/mol. The Kier molecular flexibility index (Phi) is 6.88. The Hall–Kier alpha value is -6.72. The molecule has 8 aromatic rings. The maximum absolute atomic E-state index is 7.10. The van der Waals surface area contributed by atoms with Crippen molar-refractivity contribution in [2.75, 3.05) is 0 Å². The molecule has 3 heterocycles. The first kappa shape index (κ1) is 29.2. The highest BCUT2D eigenvalue weighted by atomic mass is 16.5. The molecule has 0 amide bonds. The normalized spacial score (nSPS) is 16.0. The van der Waals surface area contributed by atoms with Crippen LogP contribution >= 0.6 is 0 Å². The van der Waals surface area contributed by atoms with Gasteiger partial charge in [0.2, 0.25) is 0 Å². The molecule has 1 aliphatic carbocycles. The fourth-order valence-corrected chi connectivity index (χ4v) is 7.47. The van der Waals surface area contributed by atoms with Crippen molar-refractivity contribution >= 4 is 27.2 Å². The topological polar surface area (TPSA) is 60.8 Å². The number of rotatable bonds is 5. The van der Waals surface area contributed by atoms with Crippen LogP contribution in [0.3, 0.4) is 0 Å². The summed E-state index contributed by atoms with van der Waals surface area (Å²) in [5.74, 6) is 2.92. The molecule has 2 aromatic heterocycles. The second-order valence-corrected chi connectivity index (χ2v) is 12.9. The summed E-state index contributed by atoms with van der Waals surface area (Å²) in [6, 6.07) is 51.9. The quantitative estimate of drug-likeness (QED) is 0.173. The van der Waals surface area contributed by atoms with Crippen molar-refractivity contribution in [2.45, 2.75) is 12.0 Å². The Labute approximate surface area is 295 Å². The largest absolute Gasteiger partial charge is 0.484 e. The molecular weight excluding hydrogens is 625 g/mol. The molecule has 0 spiro atoms. The number of para-hydroxylation sites is 1. The number of benzene rings is 6. The van der Waals surface area contributed by atoms with Crippen molar-refractivity contribution in [3.8, 4) is 51.2 Å². The van der Waals surface area contributed by atoms with Crippen molar-refractivity contribution in [3.63, 3.8) is 0 Å². The maximum atomic E-state index is 7.10. The highest BCUT2D eigenvalue weighted by molar-refractivity contribution is 6.14. The van der Waals surface area contributed by atoms with E-state index in [2.05, 4.69) is 103 Å². The van der Waals surface area contributed by atoms with Gasteiger partial charge < -0.3 is 4.74 Å². The van der Waals surface area contributed by atoms with Gasteiger partial charge >= 0.3 is 0 Å². The van der Waals surface area contributed by atoms with E-state index in [4.69, 9.17) is 24.7 Å². The molecule has 10 rings (SSSR count). The van der Waals surface area contributed by atoms with Crippen molar-refractivity contribution in [1.29, 1.82) is 0 Å². The Balaban J connectivity index is 1.08. The first-order valence-corrected chi connectivity index (χ1v) is 17.2. The van der Waals surface area contributed by atoms with E-state index in [1.165, 1.54) is 5.56 Å². The number of nitrogens with zero attached hydrogens (tertiary/aromatic N) is 4.